The van der Waals surface area contributed by atoms with Crippen molar-refractivity contribution >= 4 is 26.3 Å². The summed E-state index contributed by atoms with van der Waals surface area (Å²) in [5.74, 6) is 0.466. The zero-order chi connectivity index (χ0) is 15.0. The third-order valence-electron chi connectivity index (χ3n) is 4.16. The third kappa shape index (κ3) is 2.47. The second kappa shape index (κ2) is 5.05. The van der Waals surface area contributed by atoms with Crippen molar-refractivity contribution < 1.29 is 8.42 Å². The van der Waals surface area contributed by atoms with Gasteiger partial charge < -0.3 is 4.90 Å². The minimum Gasteiger partial charge on any atom is -0.370 e. The zero-order valence-electron chi connectivity index (χ0n) is 11.8. The highest BCUT2D eigenvalue weighted by molar-refractivity contribution is 7.91. The molecule has 0 bridgehead atoms. The Labute approximate surface area is 124 Å². The van der Waals surface area contributed by atoms with Gasteiger partial charge in [0.1, 0.15) is 0 Å². The lowest BCUT2D eigenvalue weighted by molar-refractivity contribution is 0.601. The van der Waals surface area contributed by atoms with Gasteiger partial charge in [-0.1, -0.05) is 24.3 Å². The second-order valence-corrected chi connectivity index (χ2v) is 7.69. The molecule has 5 heteroatoms. The molecule has 0 radical (unpaired) electrons. The van der Waals surface area contributed by atoms with Crippen molar-refractivity contribution in [2.45, 2.75) is 12.5 Å². The largest absolute Gasteiger partial charge is 0.370 e. The van der Waals surface area contributed by atoms with Crippen LogP contribution in [0.5, 0.6) is 0 Å². The van der Waals surface area contributed by atoms with E-state index < -0.39 is 9.84 Å². The Bertz CT molecular complexity index is 837. The quantitative estimate of drug-likeness (QED) is 0.854. The smallest absolute Gasteiger partial charge is 0.152 e. The predicted octanol–water partition coefficient (Wildman–Crippen LogP) is 2.33. The van der Waals surface area contributed by atoms with Gasteiger partial charge in [-0.25, -0.2) is 8.42 Å². The maximum absolute atomic E-state index is 11.7. The number of fused-ring (bicyclic) bond motifs is 1. The van der Waals surface area contributed by atoms with Gasteiger partial charge in [-0.15, -0.1) is 0 Å². The maximum atomic E-state index is 11.7. The molecule has 0 spiro atoms. The van der Waals surface area contributed by atoms with Crippen molar-refractivity contribution in [3.63, 3.8) is 0 Å². The highest BCUT2D eigenvalue weighted by Crippen LogP contribution is 2.31. The number of hydrogen-bond donors (Lipinski definition) is 0. The van der Waals surface area contributed by atoms with Crippen molar-refractivity contribution in [2.75, 3.05) is 23.5 Å². The molecule has 1 aliphatic heterocycles. The maximum Gasteiger partial charge on any atom is 0.152 e. The topological polar surface area (TPSA) is 61.2 Å². The van der Waals surface area contributed by atoms with Crippen LogP contribution < -0.4 is 4.90 Å². The minimum absolute atomic E-state index is 0.00587. The van der Waals surface area contributed by atoms with Crippen molar-refractivity contribution in [3.05, 3.63) is 42.0 Å². The van der Waals surface area contributed by atoms with Crippen molar-refractivity contribution in [3.8, 4) is 6.07 Å². The fourth-order valence-electron chi connectivity index (χ4n) is 2.97. The van der Waals surface area contributed by atoms with Crippen molar-refractivity contribution in [2.24, 2.45) is 0 Å². The van der Waals surface area contributed by atoms with Gasteiger partial charge in [-0.2, -0.15) is 5.26 Å². The molecular formula is C16H16N2O2S. The lowest BCUT2D eigenvalue weighted by Gasteiger charge is -2.27. The number of benzene rings is 2. The van der Waals surface area contributed by atoms with E-state index in [1.54, 1.807) is 6.07 Å². The Balaban J connectivity index is 2.07. The Kier molecular flexibility index (Phi) is 3.34. The van der Waals surface area contributed by atoms with Crippen LogP contribution in [-0.2, 0) is 9.84 Å². The lowest BCUT2D eigenvalue weighted by atomic mass is 10.0. The first kappa shape index (κ1) is 13.9. The van der Waals surface area contributed by atoms with Crippen LogP contribution in [0.4, 0.5) is 5.69 Å². The average Bonchev–Trinajstić information content (AvgIpc) is 2.85. The third-order valence-corrected chi connectivity index (χ3v) is 5.91. The number of hydrogen-bond acceptors (Lipinski definition) is 4. The minimum atomic E-state index is -2.91. The molecule has 1 aliphatic rings. The van der Waals surface area contributed by atoms with Crippen LogP contribution in [0.25, 0.3) is 10.8 Å². The second-order valence-electron chi connectivity index (χ2n) is 5.46. The average molecular weight is 300 g/mol. The molecule has 1 unspecified atom stereocenters. The Morgan fingerprint density at radius 3 is 2.52 bits per heavy atom. The van der Waals surface area contributed by atoms with Gasteiger partial charge in [0.25, 0.3) is 0 Å². The first-order chi connectivity index (χ1) is 10.0. The first-order valence-electron chi connectivity index (χ1n) is 6.87. The van der Waals surface area contributed by atoms with Crippen molar-refractivity contribution in [1.29, 1.82) is 5.26 Å². The number of anilines is 1. The summed E-state index contributed by atoms with van der Waals surface area (Å²) < 4.78 is 23.3. The molecule has 4 nitrogen and oxygen atoms in total. The molecule has 2 aromatic rings. The van der Waals surface area contributed by atoms with E-state index in [0.717, 1.165) is 16.5 Å². The van der Waals surface area contributed by atoms with Crippen LogP contribution in [0.15, 0.2) is 36.4 Å². The van der Waals surface area contributed by atoms with E-state index in [1.165, 1.54) is 0 Å². The van der Waals surface area contributed by atoms with E-state index in [1.807, 2.05) is 42.3 Å². The van der Waals surface area contributed by atoms with Crippen LogP contribution in [0.3, 0.4) is 0 Å². The van der Waals surface area contributed by atoms with E-state index in [4.69, 9.17) is 0 Å². The predicted molar refractivity (Wildman–Crippen MR) is 84.1 cm³/mol. The van der Waals surface area contributed by atoms with E-state index in [-0.39, 0.29) is 17.5 Å². The first-order valence-corrected chi connectivity index (χ1v) is 8.69. The van der Waals surface area contributed by atoms with Gasteiger partial charge in [0.15, 0.2) is 9.84 Å². The highest BCUT2D eigenvalue weighted by atomic mass is 32.2. The molecule has 0 aliphatic carbocycles. The summed E-state index contributed by atoms with van der Waals surface area (Å²) in [6.07, 6.45) is 0.660. The summed E-state index contributed by atoms with van der Waals surface area (Å²) in [6.45, 7) is 0. The standard InChI is InChI=1S/C16H16N2O2S/c1-18(13-8-9-21(19,20)11-13)16-7-6-12(10-17)14-4-2-3-5-15(14)16/h2-7,13H,8-9,11H2,1H3. The molecule has 3 rings (SSSR count). The lowest BCUT2D eigenvalue weighted by Crippen LogP contribution is -2.32. The molecule has 1 atom stereocenters. The van der Waals surface area contributed by atoms with Crippen LogP contribution in [0.2, 0.25) is 0 Å². The highest BCUT2D eigenvalue weighted by Gasteiger charge is 2.31. The number of sulfone groups is 1. The molecule has 0 saturated carbocycles. The van der Waals surface area contributed by atoms with E-state index in [2.05, 4.69) is 6.07 Å². The van der Waals surface area contributed by atoms with Crippen LogP contribution in [0, 0.1) is 11.3 Å². The molecule has 1 saturated heterocycles. The van der Waals surface area contributed by atoms with Crippen LogP contribution in [0.1, 0.15) is 12.0 Å². The van der Waals surface area contributed by atoms with Gasteiger partial charge >= 0.3 is 0 Å². The molecule has 108 valence electrons. The normalized spacial score (nSPS) is 20.3. The molecular weight excluding hydrogens is 284 g/mol. The Morgan fingerprint density at radius 2 is 1.90 bits per heavy atom. The SMILES string of the molecule is CN(c1ccc(C#N)c2ccccc12)C1CCS(=O)(=O)C1. The summed E-state index contributed by atoms with van der Waals surface area (Å²) in [5.41, 5.74) is 1.62. The Hall–Kier alpha value is -2.06. The van der Waals surface area contributed by atoms with Gasteiger partial charge in [0, 0.05) is 29.5 Å². The molecule has 21 heavy (non-hydrogen) atoms. The van der Waals surface area contributed by atoms with Crippen LogP contribution in [-0.4, -0.2) is 33.0 Å². The Morgan fingerprint density at radius 1 is 1.19 bits per heavy atom. The summed E-state index contributed by atoms with van der Waals surface area (Å²) in [4.78, 5) is 2.04. The summed E-state index contributed by atoms with van der Waals surface area (Å²) in [7, 11) is -0.979. The van der Waals surface area contributed by atoms with Gasteiger partial charge in [-0.3, -0.25) is 0 Å². The molecule has 0 amide bonds. The molecule has 1 heterocycles. The zero-order valence-corrected chi connectivity index (χ0v) is 12.6. The van der Waals surface area contributed by atoms with Gasteiger partial charge in [0.05, 0.1) is 23.1 Å². The van der Waals surface area contributed by atoms with E-state index in [9.17, 15) is 13.7 Å². The summed E-state index contributed by atoms with van der Waals surface area (Å²) >= 11 is 0. The molecule has 1 fully saturated rings. The number of nitriles is 1. The fourth-order valence-corrected chi connectivity index (χ4v) is 4.74. The number of nitrogens with zero attached hydrogens (tertiary/aromatic N) is 2. The van der Waals surface area contributed by atoms with E-state index >= 15 is 0 Å². The van der Waals surface area contributed by atoms with E-state index in [0.29, 0.717) is 12.0 Å². The van der Waals surface area contributed by atoms with Crippen molar-refractivity contribution in [1.82, 2.24) is 0 Å². The van der Waals surface area contributed by atoms with Crippen LogP contribution >= 0.6 is 0 Å². The summed E-state index contributed by atoms with van der Waals surface area (Å²) in [5, 5.41) is 11.1. The molecule has 0 aromatic heterocycles. The monoisotopic (exact) mass is 300 g/mol. The fraction of sp³-hybridized carbons (Fsp3) is 0.312. The molecule has 0 N–H and O–H groups in total. The number of rotatable bonds is 2. The van der Waals surface area contributed by atoms with Gasteiger partial charge in [-0.05, 0) is 18.6 Å². The summed E-state index contributed by atoms with van der Waals surface area (Å²) in [6, 6.07) is 13.7. The van der Waals surface area contributed by atoms with Gasteiger partial charge in [0.2, 0.25) is 0 Å². The molecule has 2 aromatic carbocycles.